The van der Waals surface area contributed by atoms with Crippen molar-refractivity contribution >= 4 is 39.3 Å². The molecule has 2 atom stereocenters. The number of carbonyl (C=O) groups excluding carboxylic acids is 1. The van der Waals surface area contributed by atoms with Crippen molar-refractivity contribution < 1.29 is 9.53 Å². The highest BCUT2D eigenvalue weighted by Gasteiger charge is 2.32. The summed E-state index contributed by atoms with van der Waals surface area (Å²) >= 11 is 5.31. The van der Waals surface area contributed by atoms with Crippen molar-refractivity contribution in [2.75, 3.05) is 23.4 Å². The monoisotopic (exact) mass is 343 g/mol. The lowest BCUT2D eigenvalue weighted by molar-refractivity contribution is -0.145. The standard InChI is InChI=1S/C14H18BrNO2S/c1-2-18-14(17)13(10-7-8-19-9-10)16-12-5-3-11(15)4-6-12/h3-6,10,13,16H,2,7-9H2,1H3. The number of rotatable bonds is 5. The van der Waals surface area contributed by atoms with E-state index in [4.69, 9.17) is 4.74 Å². The van der Waals surface area contributed by atoms with Gasteiger partial charge >= 0.3 is 5.97 Å². The lowest BCUT2D eigenvalue weighted by Crippen LogP contribution is -2.38. The third-order valence-corrected chi connectivity index (χ3v) is 4.86. The maximum absolute atomic E-state index is 12.1. The smallest absolute Gasteiger partial charge is 0.328 e. The summed E-state index contributed by atoms with van der Waals surface area (Å²) in [7, 11) is 0. The summed E-state index contributed by atoms with van der Waals surface area (Å²) in [5.74, 6) is 2.36. The van der Waals surface area contributed by atoms with Crippen LogP contribution in [0.15, 0.2) is 28.7 Å². The van der Waals surface area contributed by atoms with Crippen molar-refractivity contribution in [3.8, 4) is 0 Å². The van der Waals surface area contributed by atoms with E-state index < -0.39 is 0 Å². The molecule has 0 radical (unpaired) electrons. The van der Waals surface area contributed by atoms with Crippen LogP contribution in [0.1, 0.15) is 13.3 Å². The summed E-state index contributed by atoms with van der Waals surface area (Å²) in [4.78, 5) is 12.1. The van der Waals surface area contributed by atoms with Crippen LogP contribution in [0, 0.1) is 5.92 Å². The molecule has 0 aromatic heterocycles. The Kier molecular flexibility index (Phi) is 5.58. The van der Waals surface area contributed by atoms with E-state index in [1.165, 1.54) is 0 Å². The molecule has 1 aliphatic heterocycles. The van der Waals surface area contributed by atoms with Crippen LogP contribution in [-0.2, 0) is 9.53 Å². The topological polar surface area (TPSA) is 38.3 Å². The second-order valence-electron chi connectivity index (χ2n) is 4.50. The molecule has 1 aromatic carbocycles. The molecule has 104 valence electrons. The minimum atomic E-state index is -0.240. The van der Waals surface area contributed by atoms with Crippen molar-refractivity contribution in [2.24, 2.45) is 5.92 Å². The molecule has 0 amide bonds. The van der Waals surface area contributed by atoms with Crippen LogP contribution < -0.4 is 5.32 Å². The van der Waals surface area contributed by atoms with Crippen LogP contribution in [-0.4, -0.2) is 30.1 Å². The maximum atomic E-state index is 12.1. The van der Waals surface area contributed by atoms with Crippen molar-refractivity contribution in [2.45, 2.75) is 19.4 Å². The molecule has 3 nitrogen and oxygen atoms in total. The van der Waals surface area contributed by atoms with E-state index in [-0.39, 0.29) is 12.0 Å². The van der Waals surface area contributed by atoms with E-state index in [1.54, 1.807) is 0 Å². The predicted molar refractivity (Wildman–Crippen MR) is 83.6 cm³/mol. The number of hydrogen-bond donors (Lipinski definition) is 1. The molecule has 5 heteroatoms. The molecule has 1 aliphatic rings. The third-order valence-electron chi connectivity index (χ3n) is 3.14. The fourth-order valence-electron chi connectivity index (χ4n) is 2.14. The first-order valence-electron chi connectivity index (χ1n) is 6.47. The normalized spacial score (nSPS) is 20.0. The van der Waals surface area contributed by atoms with Gasteiger partial charge in [-0.1, -0.05) is 15.9 Å². The Balaban J connectivity index is 2.08. The van der Waals surface area contributed by atoms with Crippen LogP contribution in [0.5, 0.6) is 0 Å². The summed E-state index contributed by atoms with van der Waals surface area (Å²) in [5.41, 5.74) is 0.957. The first kappa shape index (κ1) is 14.7. The maximum Gasteiger partial charge on any atom is 0.328 e. The summed E-state index contributed by atoms with van der Waals surface area (Å²) in [6.45, 7) is 2.27. The third kappa shape index (κ3) is 4.14. The highest BCUT2D eigenvalue weighted by Crippen LogP contribution is 2.29. The second kappa shape index (κ2) is 7.20. The Morgan fingerprint density at radius 1 is 1.53 bits per heavy atom. The molecule has 1 saturated heterocycles. The van der Waals surface area contributed by atoms with Crippen molar-refractivity contribution in [1.82, 2.24) is 0 Å². The fourth-order valence-corrected chi connectivity index (χ4v) is 3.70. The van der Waals surface area contributed by atoms with E-state index in [0.717, 1.165) is 28.1 Å². The molecular formula is C14H18BrNO2S. The fraction of sp³-hybridized carbons (Fsp3) is 0.500. The van der Waals surface area contributed by atoms with Gasteiger partial charge in [0.25, 0.3) is 0 Å². The lowest BCUT2D eigenvalue weighted by Gasteiger charge is -2.23. The van der Waals surface area contributed by atoms with E-state index >= 15 is 0 Å². The molecule has 19 heavy (non-hydrogen) atoms. The molecular weight excluding hydrogens is 326 g/mol. The molecule has 1 N–H and O–H groups in total. The summed E-state index contributed by atoms with van der Waals surface area (Å²) < 4.78 is 6.22. The van der Waals surface area contributed by atoms with Crippen LogP contribution in [0.2, 0.25) is 0 Å². The minimum absolute atomic E-state index is 0.141. The molecule has 1 fully saturated rings. The second-order valence-corrected chi connectivity index (χ2v) is 6.57. The number of esters is 1. The molecule has 2 rings (SSSR count). The summed E-state index contributed by atoms with van der Waals surface area (Å²) in [6.07, 6.45) is 1.07. The zero-order valence-electron chi connectivity index (χ0n) is 10.9. The number of halogens is 1. The molecule has 1 aromatic rings. The van der Waals surface area contributed by atoms with Gasteiger partial charge in [-0.3, -0.25) is 0 Å². The number of thioether (sulfide) groups is 1. The SMILES string of the molecule is CCOC(=O)C(Nc1ccc(Br)cc1)C1CCSC1. The van der Waals surface area contributed by atoms with Crippen LogP contribution in [0.25, 0.3) is 0 Å². The van der Waals surface area contributed by atoms with Gasteiger partial charge in [0.05, 0.1) is 6.61 Å². The number of nitrogens with one attached hydrogen (secondary N) is 1. The molecule has 0 aliphatic carbocycles. The Bertz CT molecular complexity index is 418. The van der Waals surface area contributed by atoms with Crippen molar-refractivity contribution in [3.63, 3.8) is 0 Å². The van der Waals surface area contributed by atoms with Gasteiger partial charge in [-0.25, -0.2) is 4.79 Å². The predicted octanol–water partition coefficient (Wildman–Crippen LogP) is 3.55. The highest BCUT2D eigenvalue weighted by atomic mass is 79.9. The summed E-state index contributed by atoms with van der Waals surface area (Å²) in [5, 5.41) is 3.32. The number of benzene rings is 1. The van der Waals surface area contributed by atoms with Gasteiger partial charge in [0.1, 0.15) is 6.04 Å². The number of ether oxygens (including phenoxy) is 1. The minimum Gasteiger partial charge on any atom is -0.464 e. The van der Waals surface area contributed by atoms with Crippen LogP contribution in [0.3, 0.4) is 0 Å². The zero-order chi connectivity index (χ0) is 13.7. The number of carbonyl (C=O) groups is 1. The van der Waals surface area contributed by atoms with Crippen LogP contribution >= 0.6 is 27.7 Å². The first-order chi connectivity index (χ1) is 9.20. The Hall–Kier alpha value is -0.680. The number of hydrogen-bond acceptors (Lipinski definition) is 4. The van der Waals surface area contributed by atoms with Crippen molar-refractivity contribution in [1.29, 1.82) is 0 Å². The Morgan fingerprint density at radius 3 is 2.84 bits per heavy atom. The van der Waals surface area contributed by atoms with Gasteiger partial charge in [-0.2, -0.15) is 11.8 Å². The van der Waals surface area contributed by atoms with Gasteiger partial charge in [0.2, 0.25) is 0 Å². The average molecular weight is 344 g/mol. The molecule has 1 heterocycles. The Labute approximate surface area is 126 Å². The van der Waals surface area contributed by atoms with Gasteiger partial charge < -0.3 is 10.1 Å². The molecule has 0 saturated carbocycles. The van der Waals surface area contributed by atoms with Crippen molar-refractivity contribution in [3.05, 3.63) is 28.7 Å². The van der Waals surface area contributed by atoms with E-state index in [1.807, 2.05) is 43.0 Å². The van der Waals surface area contributed by atoms with E-state index in [9.17, 15) is 4.79 Å². The lowest BCUT2D eigenvalue weighted by atomic mass is 9.99. The van der Waals surface area contributed by atoms with E-state index in [0.29, 0.717) is 12.5 Å². The highest BCUT2D eigenvalue weighted by molar-refractivity contribution is 9.10. The first-order valence-corrected chi connectivity index (χ1v) is 8.42. The van der Waals surface area contributed by atoms with Gasteiger partial charge in [-0.15, -0.1) is 0 Å². The average Bonchev–Trinajstić information content (AvgIpc) is 2.92. The van der Waals surface area contributed by atoms with Gasteiger partial charge in [0.15, 0.2) is 0 Å². The number of anilines is 1. The molecule has 2 unspecified atom stereocenters. The Morgan fingerprint density at radius 2 is 2.26 bits per heavy atom. The van der Waals surface area contributed by atoms with Crippen LogP contribution in [0.4, 0.5) is 5.69 Å². The largest absolute Gasteiger partial charge is 0.464 e. The molecule has 0 bridgehead atoms. The zero-order valence-corrected chi connectivity index (χ0v) is 13.3. The van der Waals surface area contributed by atoms with E-state index in [2.05, 4.69) is 21.2 Å². The molecule has 0 spiro atoms. The quantitative estimate of drug-likeness (QED) is 0.829. The van der Waals surface area contributed by atoms with Gasteiger partial charge in [-0.05, 0) is 55.0 Å². The summed E-state index contributed by atoms with van der Waals surface area (Å²) in [6, 6.07) is 7.63. The van der Waals surface area contributed by atoms with Gasteiger partial charge in [0, 0.05) is 10.2 Å².